The Kier molecular flexibility index (Phi) is 5.35. The van der Waals surface area contributed by atoms with E-state index in [9.17, 15) is 8.42 Å². The molecule has 116 valence electrons. The van der Waals surface area contributed by atoms with E-state index in [-0.39, 0.29) is 10.7 Å². The highest BCUT2D eigenvalue weighted by Gasteiger charge is 2.27. The van der Waals surface area contributed by atoms with E-state index < -0.39 is 10.0 Å². The molecule has 0 heterocycles. The van der Waals surface area contributed by atoms with Crippen LogP contribution in [0.5, 0.6) is 0 Å². The van der Waals surface area contributed by atoms with Gasteiger partial charge < -0.3 is 5.73 Å². The van der Waals surface area contributed by atoms with Gasteiger partial charge in [-0.25, -0.2) is 12.7 Å². The summed E-state index contributed by atoms with van der Waals surface area (Å²) >= 11 is 5.00. The third kappa shape index (κ3) is 4.02. The Morgan fingerprint density at radius 2 is 2.05 bits per heavy atom. The number of rotatable bonds is 7. The van der Waals surface area contributed by atoms with Crippen LogP contribution in [0.4, 0.5) is 0 Å². The molecule has 1 aromatic carbocycles. The monoisotopic (exact) mass is 326 g/mol. The summed E-state index contributed by atoms with van der Waals surface area (Å²) in [7, 11) is -3.33. The lowest BCUT2D eigenvalue weighted by Crippen LogP contribution is -2.38. The number of sulfonamides is 1. The van der Waals surface area contributed by atoms with Crippen LogP contribution in [0, 0.1) is 5.92 Å². The van der Waals surface area contributed by atoms with Crippen molar-refractivity contribution in [3.05, 3.63) is 35.4 Å². The molecule has 0 saturated heterocycles. The highest BCUT2D eigenvalue weighted by Crippen LogP contribution is 2.28. The van der Waals surface area contributed by atoms with Crippen LogP contribution in [0.3, 0.4) is 0 Å². The van der Waals surface area contributed by atoms with Crippen molar-refractivity contribution in [2.45, 2.75) is 31.9 Å². The molecular weight excluding hydrogens is 304 g/mol. The first-order chi connectivity index (χ1) is 9.94. The second-order valence-corrected chi connectivity index (χ2v) is 7.93. The van der Waals surface area contributed by atoms with Crippen molar-refractivity contribution in [1.29, 1.82) is 0 Å². The summed E-state index contributed by atoms with van der Waals surface area (Å²) in [6, 6.07) is 7.18. The highest BCUT2D eigenvalue weighted by molar-refractivity contribution is 7.88. The Morgan fingerprint density at radius 1 is 1.38 bits per heavy atom. The van der Waals surface area contributed by atoms with Gasteiger partial charge in [0.25, 0.3) is 0 Å². The van der Waals surface area contributed by atoms with Gasteiger partial charge in [-0.05, 0) is 24.3 Å². The van der Waals surface area contributed by atoms with Crippen molar-refractivity contribution in [3.8, 4) is 0 Å². The van der Waals surface area contributed by atoms with Crippen molar-refractivity contribution in [2.24, 2.45) is 11.7 Å². The van der Waals surface area contributed by atoms with Crippen LogP contribution < -0.4 is 5.73 Å². The quantitative estimate of drug-likeness (QED) is 0.781. The lowest BCUT2D eigenvalue weighted by Gasteiger charge is -2.31. The summed E-state index contributed by atoms with van der Waals surface area (Å²) < 4.78 is 26.8. The SMILES string of the molecule is CCN(CC1CCC1)S(=O)(=O)Cc1ccccc1C(N)=S. The smallest absolute Gasteiger partial charge is 0.218 e. The highest BCUT2D eigenvalue weighted by atomic mass is 32.2. The van der Waals surface area contributed by atoms with Gasteiger partial charge in [0.2, 0.25) is 10.0 Å². The van der Waals surface area contributed by atoms with Gasteiger partial charge in [0.1, 0.15) is 4.99 Å². The number of nitrogens with zero attached hydrogens (tertiary/aromatic N) is 1. The van der Waals surface area contributed by atoms with Gasteiger partial charge in [-0.3, -0.25) is 0 Å². The van der Waals surface area contributed by atoms with Crippen molar-refractivity contribution in [1.82, 2.24) is 4.31 Å². The second kappa shape index (κ2) is 6.85. The van der Waals surface area contributed by atoms with E-state index in [1.165, 1.54) is 6.42 Å². The minimum atomic E-state index is -3.33. The molecule has 0 amide bonds. The zero-order valence-electron chi connectivity index (χ0n) is 12.3. The topological polar surface area (TPSA) is 63.4 Å². The van der Waals surface area contributed by atoms with Crippen LogP contribution >= 0.6 is 12.2 Å². The Labute approximate surface area is 132 Å². The first-order valence-corrected chi connectivity index (χ1v) is 9.31. The van der Waals surface area contributed by atoms with Crippen molar-refractivity contribution in [2.75, 3.05) is 13.1 Å². The summed E-state index contributed by atoms with van der Waals surface area (Å²) in [5.41, 5.74) is 7.00. The molecule has 2 N–H and O–H groups in total. The molecule has 6 heteroatoms. The van der Waals surface area contributed by atoms with Crippen LogP contribution in [0.2, 0.25) is 0 Å². The van der Waals surface area contributed by atoms with Gasteiger partial charge in [0, 0.05) is 18.7 Å². The minimum Gasteiger partial charge on any atom is -0.389 e. The lowest BCUT2D eigenvalue weighted by atomic mass is 9.85. The molecule has 2 rings (SSSR count). The Bertz CT molecular complexity index is 610. The maximum Gasteiger partial charge on any atom is 0.218 e. The van der Waals surface area contributed by atoms with E-state index in [4.69, 9.17) is 18.0 Å². The zero-order chi connectivity index (χ0) is 15.5. The van der Waals surface area contributed by atoms with Gasteiger partial charge in [-0.2, -0.15) is 0 Å². The van der Waals surface area contributed by atoms with E-state index in [0.29, 0.717) is 30.1 Å². The van der Waals surface area contributed by atoms with E-state index in [2.05, 4.69) is 0 Å². The van der Waals surface area contributed by atoms with Crippen LogP contribution in [-0.4, -0.2) is 30.8 Å². The lowest BCUT2D eigenvalue weighted by molar-refractivity contribution is 0.250. The molecule has 0 spiro atoms. The molecule has 1 aromatic rings. The summed E-state index contributed by atoms with van der Waals surface area (Å²) in [4.78, 5) is 0.239. The summed E-state index contributed by atoms with van der Waals surface area (Å²) in [5.74, 6) is 0.478. The molecule has 1 aliphatic carbocycles. The molecule has 1 fully saturated rings. The molecule has 4 nitrogen and oxygen atoms in total. The Balaban J connectivity index is 2.17. The Morgan fingerprint density at radius 3 is 2.57 bits per heavy atom. The van der Waals surface area contributed by atoms with Crippen LogP contribution in [0.25, 0.3) is 0 Å². The summed E-state index contributed by atoms with van der Waals surface area (Å²) in [5, 5.41) is 0. The molecule has 1 aliphatic rings. The number of hydrogen-bond acceptors (Lipinski definition) is 3. The first kappa shape index (κ1) is 16.4. The van der Waals surface area contributed by atoms with E-state index in [1.807, 2.05) is 19.1 Å². The molecule has 0 bridgehead atoms. The fraction of sp³-hybridized carbons (Fsp3) is 0.533. The van der Waals surface area contributed by atoms with E-state index in [1.54, 1.807) is 16.4 Å². The summed E-state index contributed by atoms with van der Waals surface area (Å²) in [6.45, 7) is 3.03. The maximum atomic E-state index is 12.6. The second-order valence-electron chi connectivity index (χ2n) is 5.53. The largest absolute Gasteiger partial charge is 0.389 e. The Hall–Kier alpha value is -0.980. The number of thiocarbonyl (C=S) groups is 1. The minimum absolute atomic E-state index is 0.0406. The number of benzene rings is 1. The normalized spacial score (nSPS) is 15.9. The van der Waals surface area contributed by atoms with Crippen LogP contribution in [0.1, 0.15) is 37.3 Å². The van der Waals surface area contributed by atoms with Crippen LogP contribution in [0.15, 0.2) is 24.3 Å². The van der Waals surface area contributed by atoms with Crippen molar-refractivity contribution in [3.63, 3.8) is 0 Å². The molecule has 0 radical (unpaired) electrons. The standard InChI is InChI=1S/C15H22N2O2S2/c1-2-17(10-12-6-5-7-12)21(18,19)11-13-8-3-4-9-14(13)15(16)20/h3-4,8-9,12H,2,5-7,10-11H2,1H3,(H2,16,20). The molecule has 0 aromatic heterocycles. The average Bonchev–Trinajstić information content (AvgIpc) is 2.37. The number of nitrogens with two attached hydrogens (primary N) is 1. The van der Waals surface area contributed by atoms with Crippen molar-refractivity contribution < 1.29 is 8.42 Å². The van der Waals surface area contributed by atoms with Gasteiger partial charge in [-0.15, -0.1) is 0 Å². The molecular formula is C15H22N2O2S2. The predicted octanol–water partition coefficient (Wildman–Crippen LogP) is 2.27. The predicted molar refractivity (Wildman–Crippen MR) is 89.5 cm³/mol. The molecule has 21 heavy (non-hydrogen) atoms. The third-order valence-corrected chi connectivity index (χ3v) is 6.14. The van der Waals surface area contributed by atoms with Gasteiger partial charge in [0.15, 0.2) is 0 Å². The molecule has 0 unspecified atom stereocenters. The fourth-order valence-corrected chi connectivity index (χ4v) is 4.43. The molecule has 0 atom stereocenters. The van der Waals surface area contributed by atoms with Gasteiger partial charge in [-0.1, -0.05) is 49.8 Å². The number of hydrogen-bond donors (Lipinski definition) is 1. The van der Waals surface area contributed by atoms with Gasteiger partial charge >= 0.3 is 0 Å². The van der Waals surface area contributed by atoms with E-state index >= 15 is 0 Å². The summed E-state index contributed by atoms with van der Waals surface area (Å²) in [6.07, 6.45) is 3.48. The third-order valence-electron chi connectivity index (χ3n) is 4.05. The zero-order valence-corrected chi connectivity index (χ0v) is 13.9. The first-order valence-electron chi connectivity index (χ1n) is 7.29. The van der Waals surface area contributed by atoms with Gasteiger partial charge in [0.05, 0.1) is 5.75 Å². The van der Waals surface area contributed by atoms with Crippen molar-refractivity contribution >= 4 is 27.2 Å². The average molecular weight is 326 g/mol. The fourth-order valence-electron chi connectivity index (χ4n) is 2.58. The maximum absolute atomic E-state index is 12.6. The van der Waals surface area contributed by atoms with Crippen LogP contribution in [-0.2, 0) is 15.8 Å². The molecule has 0 aliphatic heterocycles. The van der Waals surface area contributed by atoms with E-state index in [0.717, 1.165) is 12.8 Å². The molecule has 1 saturated carbocycles.